The minimum Gasteiger partial charge on any atom is -0.332 e. The van der Waals surface area contributed by atoms with Crippen LogP contribution in [0.4, 0.5) is 17.6 Å². The van der Waals surface area contributed by atoms with Crippen molar-refractivity contribution < 1.29 is 22.4 Å². The summed E-state index contributed by atoms with van der Waals surface area (Å²) in [7, 11) is 0. The summed E-state index contributed by atoms with van der Waals surface area (Å²) in [5.41, 5.74) is 1.31. The maximum absolute atomic E-state index is 13.1. The van der Waals surface area contributed by atoms with E-state index in [0.717, 1.165) is 17.2 Å². The van der Waals surface area contributed by atoms with Crippen molar-refractivity contribution in [2.45, 2.75) is 25.7 Å². The number of hydrogen-bond acceptors (Lipinski definition) is 2. The fourth-order valence-corrected chi connectivity index (χ4v) is 3.79. The van der Waals surface area contributed by atoms with Crippen LogP contribution in [-0.4, -0.2) is 27.1 Å². The Morgan fingerprint density at radius 3 is 2.57 bits per heavy atom. The third kappa shape index (κ3) is 4.05. The number of amides is 1. The van der Waals surface area contributed by atoms with Gasteiger partial charge in [-0.3, -0.25) is 9.48 Å². The predicted octanol–water partition coefficient (Wildman–Crippen LogP) is 4.94. The molecule has 0 saturated carbocycles. The Kier molecular flexibility index (Phi) is 5.27. The Hall–Kier alpha value is -2.87. The van der Waals surface area contributed by atoms with Crippen LogP contribution < -0.4 is 0 Å². The standard InChI is InChI=1S/C21H16ClF4N3O/c22-19-16(2-1-3-17(19)21(24,25)26)20(30)28-9-8-14-11-29(27-18(14)12-28)10-13-4-6-15(23)7-5-13/h1-7,11H,8-10,12H2. The van der Waals surface area contributed by atoms with Crippen LogP contribution >= 0.6 is 11.6 Å². The molecule has 0 aliphatic carbocycles. The number of halogens is 5. The smallest absolute Gasteiger partial charge is 0.332 e. The molecule has 0 saturated heterocycles. The first-order valence-corrected chi connectivity index (χ1v) is 9.55. The van der Waals surface area contributed by atoms with Crippen LogP contribution in [0.5, 0.6) is 0 Å². The normalized spacial score (nSPS) is 14.0. The van der Waals surface area contributed by atoms with E-state index in [0.29, 0.717) is 25.2 Å². The predicted molar refractivity (Wildman–Crippen MR) is 103 cm³/mol. The van der Waals surface area contributed by atoms with Gasteiger partial charge in [0.1, 0.15) is 5.82 Å². The van der Waals surface area contributed by atoms with Crippen LogP contribution in [0.3, 0.4) is 0 Å². The van der Waals surface area contributed by atoms with Gasteiger partial charge in [0, 0.05) is 12.7 Å². The lowest BCUT2D eigenvalue weighted by atomic mass is 10.0. The van der Waals surface area contributed by atoms with Gasteiger partial charge in [0.2, 0.25) is 0 Å². The van der Waals surface area contributed by atoms with E-state index < -0.39 is 22.7 Å². The van der Waals surface area contributed by atoms with E-state index in [1.54, 1.807) is 16.8 Å². The first-order chi connectivity index (χ1) is 14.2. The van der Waals surface area contributed by atoms with Gasteiger partial charge in [-0.15, -0.1) is 0 Å². The van der Waals surface area contributed by atoms with Crippen molar-refractivity contribution in [2.24, 2.45) is 0 Å². The Balaban J connectivity index is 1.53. The Morgan fingerprint density at radius 1 is 1.13 bits per heavy atom. The van der Waals surface area contributed by atoms with E-state index in [1.807, 2.05) is 6.20 Å². The van der Waals surface area contributed by atoms with Gasteiger partial charge in [-0.05, 0) is 41.8 Å². The summed E-state index contributed by atoms with van der Waals surface area (Å²) in [6.45, 7) is 0.971. The number of fused-ring (bicyclic) bond motifs is 1. The number of carbonyl (C=O) groups excluding carboxylic acids is 1. The second-order valence-corrected chi connectivity index (χ2v) is 7.44. The van der Waals surface area contributed by atoms with Gasteiger partial charge in [0.05, 0.1) is 34.9 Å². The molecule has 0 bridgehead atoms. The average molecular weight is 438 g/mol. The van der Waals surface area contributed by atoms with Crippen molar-refractivity contribution in [3.63, 3.8) is 0 Å². The molecule has 0 spiro atoms. The number of nitrogens with zero attached hydrogens (tertiary/aromatic N) is 3. The number of hydrogen-bond donors (Lipinski definition) is 0. The van der Waals surface area contributed by atoms with Gasteiger partial charge in [-0.2, -0.15) is 18.3 Å². The summed E-state index contributed by atoms with van der Waals surface area (Å²) in [5.74, 6) is -0.884. The van der Waals surface area contributed by atoms with Crippen LogP contribution in [-0.2, 0) is 25.7 Å². The fraction of sp³-hybridized carbons (Fsp3) is 0.238. The van der Waals surface area contributed by atoms with Crippen molar-refractivity contribution in [1.29, 1.82) is 0 Å². The molecular weight excluding hydrogens is 422 g/mol. The monoisotopic (exact) mass is 437 g/mol. The number of rotatable bonds is 3. The summed E-state index contributed by atoms with van der Waals surface area (Å²) in [5, 5.41) is 3.90. The molecule has 1 aromatic heterocycles. The zero-order valence-electron chi connectivity index (χ0n) is 15.6. The number of alkyl halides is 3. The topological polar surface area (TPSA) is 38.1 Å². The number of benzene rings is 2. The van der Waals surface area contributed by atoms with Gasteiger partial charge in [-0.25, -0.2) is 4.39 Å². The van der Waals surface area contributed by atoms with E-state index in [-0.39, 0.29) is 17.9 Å². The summed E-state index contributed by atoms with van der Waals surface area (Å²) in [6.07, 6.45) is -2.24. The number of carbonyl (C=O) groups is 1. The van der Waals surface area contributed by atoms with Gasteiger partial charge < -0.3 is 4.90 Å². The Bertz CT molecular complexity index is 1090. The van der Waals surface area contributed by atoms with Gasteiger partial charge in [0.15, 0.2) is 0 Å². The van der Waals surface area contributed by atoms with Crippen LogP contribution in [0.2, 0.25) is 5.02 Å². The quantitative estimate of drug-likeness (QED) is 0.544. The minimum absolute atomic E-state index is 0.178. The third-order valence-electron chi connectivity index (χ3n) is 5.00. The summed E-state index contributed by atoms with van der Waals surface area (Å²) in [6, 6.07) is 9.40. The molecule has 0 atom stereocenters. The summed E-state index contributed by atoms with van der Waals surface area (Å²) in [4.78, 5) is 14.3. The lowest BCUT2D eigenvalue weighted by molar-refractivity contribution is -0.137. The van der Waals surface area contributed by atoms with Crippen molar-refractivity contribution in [3.8, 4) is 0 Å². The van der Waals surface area contributed by atoms with Gasteiger partial charge in [0.25, 0.3) is 5.91 Å². The largest absolute Gasteiger partial charge is 0.417 e. The zero-order chi connectivity index (χ0) is 21.5. The van der Waals surface area contributed by atoms with E-state index in [9.17, 15) is 22.4 Å². The number of aromatic nitrogens is 2. The lowest BCUT2D eigenvalue weighted by Gasteiger charge is -2.26. The maximum Gasteiger partial charge on any atom is 0.417 e. The maximum atomic E-state index is 13.1. The van der Waals surface area contributed by atoms with Crippen molar-refractivity contribution in [3.05, 3.63) is 87.4 Å². The second kappa shape index (κ2) is 7.75. The highest BCUT2D eigenvalue weighted by Crippen LogP contribution is 2.36. The molecule has 3 aromatic rings. The third-order valence-corrected chi connectivity index (χ3v) is 5.40. The highest BCUT2D eigenvalue weighted by molar-refractivity contribution is 6.34. The Morgan fingerprint density at radius 2 is 1.87 bits per heavy atom. The average Bonchev–Trinajstić information content (AvgIpc) is 3.10. The molecule has 4 rings (SSSR count). The molecule has 0 radical (unpaired) electrons. The van der Waals surface area contributed by atoms with E-state index in [1.165, 1.54) is 29.2 Å². The summed E-state index contributed by atoms with van der Waals surface area (Å²) >= 11 is 5.90. The van der Waals surface area contributed by atoms with Crippen LogP contribution in [0.25, 0.3) is 0 Å². The van der Waals surface area contributed by atoms with Crippen LogP contribution in [0, 0.1) is 5.82 Å². The van der Waals surface area contributed by atoms with Crippen molar-refractivity contribution in [1.82, 2.24) is 14.7 Å². The van der Waals surface area contributed by atoms with E-state index >= 15 is 0 Å². The fourth-order valence-electron chi connectivity index (χ4n) is 3.48. The lowest BCUT2D eigenvalue weighted by Crippen LogP contribution is -2.36. The molecule has 4 nitrogen and oxygen atoms in total. The van der Waals surface area contributed by atoms with E-state index in [4.69, 9.17) is 11.6 Å². The molecule has 1 amide bonds. The van der Waals surface area contributed by atoms with Crippen molar-refractivity contribution >= 4 is 17.5 Å². The molecule has 1 aliphatic rings. The first kappa shape index (κ1) is 20.4. The SMILES string of the molecule is O=C(c1cccc(C(F)(F)F)c1Cl)N1CCc2cn(Cc3ccc(F)cc3)nc2C1. The van der Waals surface area contributed by atoms with Crippen molar-refractivity contribution in [2.75, 3.05) is 6.54 Å². The Labute approximate surface area is 174 Å². The zero-order valence-corrected chi connectivity index (χ0v) is 16.3. The molecule has 0 unspecified atom stereocenters. The molecule has 9 heteroatoms. The second-order valence-electron chi connectivity index (χ2n) is 7.07. The highest BCUT2D eigenvalue weighted by Gasteiger charge is 2.35. The van der Waals surface area contributed by atoms with Crippen LogP contribution in [0.15, 0.2) is 48.7 Å². The summed E-state index contributed by atoms with van der Waals surface area (Å²) < 4.78 is 54.0. The van der Waals surface area contributed by atoms with Gasteiger partial charge in [-0.1, -0.05) is 29.8 Å². The van der Waals surface area contributed by atoms with E-state index in [2.05, 4.69) is 5.10 Å². The van der Waals surface area contributed by atoms with Gasteiger partial charge >= 0.3 is 6.18 Å². The molecule has 0 fully saturated rings. The molecule has 2 heterocycles. The first-order valence-electron chi connectivity index (χ1n) is 9.17. The molecular formula is C21H16ClF4N3O. The molecule has 30 heavy (non-hydrogen) atoms. The molecule has 0 N–H and O–H groups in total. The van der Waals surface area contributed by atoms with Crippen LogP contribution in [0.1, 0.15) is 32.7 Å². The highest BCUT2D eigenvalue weighted by atomic mass is 35.5. The molecule has 156 valence electrons. The molecule has 1 aliphatic heterocycles. The minimum atomic E-state index is -4.64. The molecule has 2 aromatic carbocycles.